The fourth-order valence-corrected chi connectivity index (χ4v) is 8.02. The van der Waals surface area contributed by atoms with E-state index in [9.17, 15) is 0 Å². The van der Waals surface area contributed by atoms with Crippen LogP contribution in [0.1, 0.15) is 30.4 Å². The largest absolute Gasteiger partial charge is 0.279 e. The Labute approximate surface area is 273 Å². The number of hydrogen-bond acceptors (Lipinski definition) is 4. The Kier molecular flexibility index (Phi) is 7.57. The van der Waals surface area contributed by atoms with E-state index in [0.29, 0.717) is 0 Å². The first-order valence-corrected chi connectivity index (χ1v) is 16.7. The molecule has 2 heterocycles. The van der Waals surface area contributed by atoms with Gasteiger partial charge in [0, 0.05) is 20.2 Å². The first-order chi connectivity index (χ1) is 22.7. The Morgan fingerprint density at radius 3 is 2.24 bits per heavy atom. The predicted octanol–water partition coefficient (Wildman–Crippen LogP) is 10.5. The topological polar surface area (TPSA) is 36.1 Å². The summed E-state index contributed by atoms with van der Waals surface area (Å²) < 4.78 is 2.65. The number of fused-ring (bicyclic) bond motifs is 6. The fourth-order valence-electron chi connectivity index (χ4n) is 6.91. The van der Waals surface area contributed by atoms with Crippen molar-refractivity contribution in [3.8, 4) is 11.1 Å². The zero-order chi connectivity index (χ0) is 31.0. The van der Waals surface area contributed by atoms with Gasteiger partial charge in [-0.1, -0.05) is 128 Å². The normalized spacial score (nSPS) is 19.1. The first-order valence-electron chi connectivity index (χ1n) is 15.9. The van der Waals surface area contributed by atoms with Gasteiger partial charge in [-0.2, -0.15) is 0 Å². The third kappa shape index (κ3) is 5.16. The summed E-state index contributed by atoms with van der Waals surface area (Å²) in [6.45, 7) is 6.05. The summed E-state index contributed by atoms with van der Waals surface area (Å²) in [4.78, 5) is 0. The average Bonchev–Trinajstić information content (AvgIpc) is 3.50. The van der Waals surface area contributed by atoms with Crippen LogP contribution in [-0.4, -0.2) is 6.17 Å². The molecule has 7 aromatic rings. The van der Waals surface area contributed by atoms with Gasteiger partial charge in [-0.15, -0.1) is 11.3 Å². The van der Waals surface area contributed by atoms with Crippen molar-refractivity contribution in [2.45, 2.75) is 25.4 Å². The van der Waals surface area contributed by atoms with Gasteiger partial charge in [0.1, 0.15) is 0 Å². The van der Waals surface area contributed by atoms with Gasteiger partial charge in [-0.25, -0.2) is 0 Å². The number of hydrogen-bond donors (Lipinski definition) is 3. The Morgan fingerprint density at radius 2 is 1.39 bits per heavy atom. The second kappa shape index (κ2) is 12.2. The van der Waals surface area contributed by atoms with E-state index in [1.807, 2.05) is 17.4 Å². The molecule has 224 valence electrons. The van der Waals surface area contributed by atoms with E-state index in [0.717, 1.165) is 5.57 Å². The molecule has 4 heteroatoms. The summed E-state index contributed by atoms with van der Waals surface area (Å²) in [5.41, 5.74) is 5.98. The van der Waals surface area contributed by atoms with Gasteiger partial charge in [0.15, 0.2) is 0 Å². The van der Waals surface area contributed by atoms with Crippen molar-refractivity contribution in [2.75, 3.05) is 0 Å². The lowest BCUT2D eigenvalue weighted by Crippen LogP contribution is -2.59. The molecule has 0 radical (unpaired) electrons. The maximum atomic E-state index is 3.99. The zero-order valence-corrected chi connectivity index (χ0v) is 26.5. The van der Waals surface area contributed by atoms with Crippen LogP contribution in [0.15, 0.2) is 158 Å². The van der Waals surface area contributed by atoms with Crippen LogP contribution >= 0.6 is 11.3 Å². The van der Waals surface area contributed by atoms with Gasteiger partial charge < -0.3 is 0 Å². The third-order valence-corrected chi connectivity index (χ3v) is 10.2. The van der Waals surface area contributed by atoms with Gasteiger partial charge in [0.2, 0.25) is 0 Å². The molecule has 0 saturated carbocycles. The van der Waals surface area contributed by atoms with Crippen LogP contribution in [0.3, 0.4) is 0 Å². The highest BCUT2D eigenvalue weighted by molar-refractivity contribution is 7.26. The monoisotopic (exact) mass is 613 g/mol. The number of allylic oxidation sites excluding steroid dienone is 3. The van der Waals surface area contributed by atoms with Gasteiger partial charge in [-0.05, 0) is 80.6 Å². The van der Waals surface area contributed by atoms with Crippen LogP contribution in [0, 0.1) is 0 Å². The number of rotatable bonds is 6. The average molecular weight is 614 g/mol. The van der Waals surface area contributed by atoms with E-state index >= 15 is 0 Å². The highest BCUT2D eigenvalue weighted by atomic mass is 32.1. The fraction of sp³-hybridized carbons (Fsp3) is 0.0952. The van der Waals surface area contributed by atoms with E-state index in [1.165, 1.54) is 64.0 Å². The van der Waals surface area contributed by atoms with Crippen molar-refractivity contribution >= 4 is 53.1 Å². The molecule has 3 unspecified atom stereocenters. The minimum Gasteiger partial charge on any atom is -0.279 e. The first kappa shape index (κ1) is 28.6. The van der Waals surface area contributed by atoms with Gasteiger partial charge >= 0.3 is 0 Å². The molecule has 8 rings (SSSR count). The van der Waals surface area contributed by atoms with E-state index < -0.39 is 0 Å². The molecule has 0 bridgehead atoms. The molecule has 1 aliphatic heterocycles. The summed E-state index contributed by atoms with van der Waals surface area (Å²) in [5, 5.41) is 19.3. The van der Waals surface area contributed by atoms with Crippen LogP contribution < -0.4 is 16.0 Å². The van der Waals surface area contributed by atoms with Gasteiger partial charge in [0.05, 0.1) is 18.5 Å². The lowest BCUT2D eigenvalue weighted by Gasteiger charge is -2.40. The van der Waals surface area contributed by atoms with Crippen molar-refractivity contribution in [3.05, 3.63) is 169 Å². The van der Waals surface area contributed by atoms with Crippen molar-refractivity contribution < 1.29 is 0 Å². The van der Waals surface area contributed by atoms with Crippen molar-refractivity contribution in [1.82, 2.24) is 16.0 Å². The summed E-state index contributed by atoms with van der Waals surface area (Å²) in [5.74, 6) is 0. The SMILES string of the molecule is C=C/C=C(\C=C/C)C1NC(c2cccc(-c3cccc4ccc5sc6ccccc6c5c34)c2)NC(c2ccc3ccccc3c2)N1. The van der Waals surface area contributed by atoms with Crippen molar-refractivity contribution in [1.29, 1.82) is 0 Å². The lowest BCUT2D eigenvalue weighted by molar-refractivity contribution is 0.224. The predicted molar refractivity (Wildman–Crippen MR) is 198 cm³/mol. The van der Waals surface area contributed by atoms with E-state index in [4.69, 9.17) is 0 Å². The molecule has 0 aliphatic carbocycles. The molecule has 1 aromatic heterocycles. The van der Waals surface area contributed by atoms with E-state index in [-0.39, 0.29) is 18.5 Å². The van der Waals surface area contributed by atoms with E-state index in [1.54, 1.807) is 0 Å². The molecule has 1 aliphatic rings. The smallest absolute Gasteiger partial charge is 0.0864 e. The standard InChI is InChI=1S/C42H35N3S/c1-3-11-29(12-4-2)40-43-41(45-42(44-40)33-22-21-27-13-5-6-14-30(27)25-33)32-17-9-16-31(26-32)34-19-10-15-28-23-24-37-39(38(28)34)35-18-7-8-20-36(35)46-37/h3-26,40-45H,1H2,2H3/b12-4-,29-11+. The van der Waals surface area contributed by atoms with Crippen LogP contribution in [0.2, 0.25) is 0 Å². The van der Waals surface area contributed by atoms with Crippen LogP contribution in [0.4, 0.5) is 0 Å². The Hall–Kier alpha value is -4.84. The molecule has 3 atom stereocenters. The molecular formula is C42H35N3S. The highest BCUT2D eigenvalue weighted by Crippen LogP contribution is 2.42. The van der Waals surface area contributed by atoms with Crippen LogP contribution in [0.25, 0.3) is 52.8 Å². The molecule has 0 spiro atoms. The van der Waals surface area contributed by atoms with Gasteiger partial charge in [0.25, 0.3) is 0 Å². The maximum absolute atomic E-state index is 3.99. The second-order valence-corrected chi connectivity index (χ2v) is 13.0. The molecule has 46 heavy (non-hydrogen) atoms. The minimum atomic E-state index is -0.0990. The quantitative estimate of drug-likeness (QED) is 0.163. The Bertz CT molecular complexity index is 2310. The second-order valence-electron chi connectivity index (χ2n) is 11.9. The zero-order valence-electron chi connectivity index (χ0n) is 25.7. The molecule has 1 fully saturated rings. The van der Waals surface area contributed by atoms with Crippen molar-refractivity contribution in [2.24, 2.45) is 0 Å². The molecule has 0 amide bonds. The summed E-state index contributed by atoms with van der Waals surface area (Å²) >= 11 is 1.87. The van der Waals surface area contributed by atoms with Crippen LogP contribution in [0.5, 0.6) is 0 Å². The molecule has 3 nitrogen and oxygen atoms in total. The number of benzene rings is 6. The Balaban J connectivity index is 1.23. The summed E-state index contributed by atoms with van der Waals surface area (Å²) in [6.07, 6.45) is 7.90. The number of thiophene rings is 1. The maximum Gasteiger partial charge on any atom is 0.0864 e. The minimum absolute atomic E-state index is 0.0719. The number of nitrogens with one attached hydrogen (secondary N) is 3. The Morgan fingerprint density at radius 1 is 0.652 bits per heavy atom. The summed E-state index contributed by atoms with van der Waals surface area (Å²) in [7, 11) is 0. The summed E-state index contributed by atoms with van der Waals surface area (Å²) in [6, 6.07) is 44.3. The van der Waals surface area contributed by atoms with Crippen LogP contribution in [-0.2, 0) is 0 Å². The van der Waals surface area contributed by atoms with E-state index in [2.05, 4.69) is 169 Å². The molecule has 6 aromatic carbocycles. The molecule has 1 saturated heterocycles. The highest BCUT2D eigenvalue weighted by Gasteiger charge is 2.30. The van der Waals surface area contributed by atoms with Crippen molar-refractivity contribution in [3.63, 3.8) is 0 Å². The lowest BCUT2D eigenvalue weighted by atomic mass is 9.93. The molecular weight excluding hydrogens is 579 g/mol. The van der Waals surface area contributed by atoms with Gasteiger partial charge in [-0.3, -0.25) is 16.0 Å². The third-order valence-electron chi connectivity index (χ3n) is 9.02. The molecule has 3 N–H and O–H groups in total.